The Kier molecular flexibility index (Phi) is 6.52. The third-order valence-electron chi connectivity index (χ3n) is 7.59. The number of aromatic hydroxyl groups is 2. The van der Waals surface area contributed by atoms with Crippen molar-refractivity contribution in [1.29, 1.82) is 0 Å². The van der Waals surface area contributed by atoms with Gasteiger partial charge in [0.05, 0.1) is 16.4 Å². The molecule has 0 saturated carbocycles. The zero-order chi connectivity index (χ0) is 27.6. The van der Waals surface area contributed by atoms with Gasteiger partial charge in [-0.1, -0.05) is 0 Å². The molecular weight excluding hydrogens is 500 g/mol. The van der Waals surface area contributed by atoms with Gasteiger partial charge in [0.15, 0.2) is 17.3 Å². The predicted molar refractivity (Wildman–Crippen MR) is 135 cm³/mol. The summed E-state index contributed by atoms with van der Waals surface area (Å²) >= 11 is 0. The molecule has 1 atom stereocenters. The van der Waals surface area contributed by atoms with Gasteiger partial charge >= 0.3 is 0 Å². The number of nitrogens with one attached hydrogen (secondary N) is 1. The second kappa shape index (κ2) is 8.98. The molecule has 0 bridgehead atoms. The van der Waals surface area contributed by atoms with Crippen LogP contribution in [0.15, 0.2) is 23.1 Å². The molecule has 4 rings (SSSR count). The van der Waals surface area contributed by atoms with Crippen molar-refractivity contribution in [2.24, 2.45) is 0 Å². The monoisotopic (exact) mass is 532 g/mol. The molecule has 0 radical (unpaired) electrons. The number of phenolic OH excluding ortho intramolecular Hbond substituents is 2. The summed E-state index contributed by atoms with van der Waals surface area (Å²) in [6.45, 7) is 9.73. The van der Waals surface area contributed by atoms with Crippen LogP contribution in [-0.2, 0) is 25.0 Å². The minimum Gasteiger partial charge on any atom is -0.507 e. The molecule has 1 aromatic carbocycles. The number of hydrogen-bond donors (Lipinski definition) is 3. The van der Waals surface area contributed by atoms with E-state index in [-0.39, 0.29) is 45.6 Å². The summed E-state index contributed by atoms with van der Waals surface area (Å²) in [4.78, 5) is 39.3. The largest absolute Gasteiger partial charge is 0.507 e. The van der Waals surface area contributed by atoms with E-state index >= 15 is 0 Å². The highest BCUT2D eigenvalue weighted by molar-refractivity contribution is 7.89. The fraction of sp³-hybridized carbons (Fsp3) is 0.500. The molecule has 2 heterocycles. The Hall–Kier alpha value is -3.18. The third-order valence-corrected chi connectivity index (χ3v) is 9.87. The van der Waals surface area contributed by atoms with Gasteiger partial charge in [0.1, 0.15) is 34.0 Å². The van der Waals surface area contributed by atoms with E-state index in [1.54, 1.807) is 20.8 Å². The second-order valence-electron chi connectivity index (χ2n) is 10.3. The number of carbonyl (C=O) groups is 3. The number of ether oxygens (including phenoxy) is 1. The van der Waals surface area contributed by atoms with Crippen molar-refractivity contribution in [2.75, 3.05) is 13.1 Å². The minimum atomic E-state index is -3.36. The van der Waals surface area contributed by atoms with Crippen LogP contribution in [0.3, 0.4) is 0 Å². The number of benzene rings is 1. The van der Waals surface area contributed by atoms with Gasteiger partial charge in [-0.05, 0) is 54.4 Å². The van der Waals surface area contributed by atoms with Crippen LogP contribution in [0, 0.1) is 6.92 Å². The number of carbonyl (C=O) groups excluding carboxylic acids is 3. The van der Waals surface area contributed by atoms with E-state index in [1.807, 2.05) is 0 Å². The molecule has 1 aromatic rings. The van der Waals surface area contributed by atoms with Crippen molar-refractivity contribution in [3.8, 4) is 17.2 Å². The topological polar surface area (TPSA) is 150 Å². The average molecular weight is 533 g/mol. The van der Waals surface area contributed by atoms with Crippen LogP contribution in [0.4, 0.5) is 0 Å². The summed E-state index contributed by atoms with van der Waals surface area (Å²) in [6, 6.07) is -0.145. The van der Waals surface area contributed by atoms with Gasteiger partial charge in [-0.2, -0.15) is 0 Å². The van der Waals surface area contributed by atoms with E-state index in [2.05, 4.69) is 5.32 Å². The van der Waals surface area contributed by atoms with E-state index in [0.717, 1.165) is 0 Å². The molecule has 3 aliphatic rings. The summed E-state index contributed by atoms with van der Waals surface area (Å²) in [5.41, 5.74) is -1.44. The Morgan fingerprint density at radius 2 is 1.76 bits per heavy atom. The molecule has 1 fully saturated rings. The standard InChI is InChI=1S/C26H32N2O8S/c1-12(2)37(34,35)28-9-7-16(8-10-28)27-14(4)19-17(30)11-18-26(6,25(19)33)21-23(32)13(3)22(31)20(15(5)29)24(21)36-18/h11-12,16,27,31-32H,7-10H2,1-6H3. The number of phenols is 2. The molecule has 1 saturated heterocycles. The van der Waals surface area contributed by atoms with Crippen molar-refractivity contribution < 1.29 is 37.8 Å². The Morgan fingerprint density at radius 1 is 1.16 bits per heavy atom. The molecule has 0 aromatic heterocycles. The molecule has 10 nitrogen and oxygen atoms in total. The number of rotatable bonds is 5. The molecule has 11 heteroatoms. The Labute approximate surface area is 216 Å². The normalized spacial score (nSPS) is 23.9. The molecule has 1 aliphatic carbocycles. The highest BCUT2D eigenvalue weighted by atomic mass is 32.2. The van der Waals surface area contributed by atoms with Gasteiger partial charge in [0, 0.05) is 36.5 Å². The van der Waals surface area contributed by atoms with Crippen LogP contribution < -0.4 is 10.1 Å². The van der Waals surface area contributed by atoms with Crippen molar-refractivity contribution in [2.45, 2.75) is 71.1 Å². The van der Waals surface area contributed by atoms with Gasteiger partial charge in [-0.25, -0.2) is 12.7 Å². The smallest absolute Gasteiger partial charge is 0.216 e. The van der Waals surface area contributed by atoms with Gasteiger partial charge in [0.2, 0.25) is 10.0 Å². The van der Waals surface area contributed by atoms with Gasteiger partial charge in [0.25, 0.3) is 0 Å². The number of piperidine rings is 1. The highest BCUT2D eigenvalue weighted by Gasteiger charge is 2.56. The lowest BCUT2D eigenvalue weighted by molar-refractivity contribution is -0.123. The van der Waals surface area contributed by atoms with E-state index in [4.69, 9.17) is 4.74 Å². The maximum absolute atomic E-state index is 13.9. The maximum Gasteiger partial charge on any atom is 0.216 e. The molecule has 3 N–H and O–H groups in total. The van der Waals surface area contributed by atoms with Crippen molar-refractivity contribution in [1.82, 2.24) is 9.62 Å². The van der Waals surface area contributed by atoms with Crippen molar-refractivity contribution in [3.63, 3.8) is 0 Å². The van der Waals surface area contributed by atoms with Gasteiger partial charge in [-0.15, -0.1) is 0 Å². The first kappa shape index (κ1) is 26.9. The first-order valence-corrected chi connectivity index (χ1v) is 13.7. The molecule has 2 aliphatic heterocycles. The van der Waals surface area contributed by atoms with Crippen molar-refractivity contribution >= 4 is 27.4 Å². The first-order chi connectivity index (χ1) is 17.1. The van der Waals surface area contributed by atoms with E-state index in [9.17, 15) is 33.0 Å². The SMILES string of the molecule is CC(=O)c1c(O)c(C)c(O)c2c1OC1=CC(=O)C(=C(C)NC3CCN(S(=O)(=O)C(C)C)CC3)C(=O)C12C. The molecule has 37 heavy (non-hydrogen) atoms. The molecule has 1 unspecified atom stereocenters. The quantitative estimate of drug-likeness (QED) is 0.295. The van der Waals surface area contributed by atoms with E-state index in [1.165, 1.54) is 31.2 Å². The lowest BCUT2D eigenvalue weighted by Crippen LogP contribution is -2.47. The van der Waals surface area contributed by atoms with Crippen LogP contribution in [0.25, 0.3) is 0 Å². The van der Waals surface area contributed by atoms with Crippen molar-refractivity contribution in [3.05, 3.63) is 39.8 Å². The van der Waals surface area contributed by atoms with Crippen LogP contribution >= 0.6 is 0 Å². The number of allylic oxidation sites excluding steroid dienone is 4. The van der Waals surface area contributed by atoms with Gasteiger partial charge < -0.3 is 20.3 Å². The van der Waals surface area contributed by atoms with Crippen LogP contribution in [0.1, 0.15) is 68.9 Å². The summed E-state index contributed by atoms with van der Waals surface area (Å²) in [6.07, 6.45) is 2.18. The number of sulfonamides is 1. The summed E-state index contributed by atoms with van der Waals surface area (Å²) in [5, 5.41) is 24.1. The molecule has 0 spiro atoms. The second-order valence-corrected chi connectivity index (χ2v) is 12.8. The Bertz CT molecular complexity index is 1400. The fourth-order valence-electron chi connectivity index (χ4n) is 5.29. The molecular formula is C26H32N2O8S. The predicted octanol–water partition coefficient (Wildman–Crippen LogP) is 2.36. The van der Waals surface area contributed by atoms with E-state index in [0.29, 0.717) is 31.6 Å². The number of hydrogen-bond acceptors (Lipinski definition) is 9. The highest BCUT2D eigenvalue weighted by Crippen LogP contribution is 2.57. The Balaban J connectivity index is 1.69. The third kappa shape index (κ3) is 3.95. The van der Waals surface area contributed by atoms with Crippen LogP contribution in [-0.4, -0.2) is 64.7 Å². The minimum absolute atomic E-state index is 0.0240. The number of Topliss-reactive ketones (excluding diaryl/α,β-unsaturated/α-hetero) is 2. The summed E-state index contributed by atoms with van der Waals surface area (Å²) < 4.78 is 32.2. The zero-order valence-corrected chi connectivity index (χ0v) is 22.6. The van der Waals surface area contributed by atoms with Gasteiger partial charge in [-0.3, -0.25) is 14.4 Å². The fourth-order valence-corrected chi connectivity index (χ4v) is 6.61. The van der Waals surface area contributed by atoms with Crippen LogP contribution in [0.2, 0.25) is 0 Å². The number of nitrogens with zero attached hydrogens (tertiary/aromatic N) is 1. The first-order valence-electron chi connectivity index (χ1n) is 12.2. The average Bonchev–Trinajstić information content (AvgIpc) is 3.10. The maximum atomic E-state index is 13.9. The molecule has 200 valence electrons. The van der Waals surface area contributed by atoms with Crippen LogP contribution in [0.5, 0.6) is 17.2 Å². The number of ketones is 3. The zero-order valence-electron chi connectivity index (χ0n) is 21.8. The number of fused-ring (bicyclic) bond motifs is 3. The summed E-state index contributed by atoms with van der Waals surface area (Å²) in [7, 11) is -3.36. The Morgan fingerprint density at radius 3 is 2.30 bits per heavy atom. The lowest BCUT2D eigenvalue weighted by Gasteiger charge is -2.34. The summed E-state index contributed by atoms with van der Waals surface area (Å²) in [5.74, 6) is -2.68. The molecule has 0 amide bonds. The lowest BCUT2D eigenvalue weighted by atomic mass is 9.70. The van der Waals surface area contributed by atoms with E-state index < -0.39 is 43.8 Å².